The molecule has 0 radical (unpaired) electrons. The molecule has 1 aliphatic rings. The van der Waals surface area contributed by atoms with Gasteiger partial charge in [0.2, 0.25) is 5.91 Å². The van der Waals surface area contributed by atoms with Gasteiger partial charge in [0.15, 0.2) is 0 Å². The van der Waals surface area contributed by atoms with Crippen LogP contribution in [0.5, 0.6) is 0 Å². The predicted octanol–water partition coefficient (Wildman–Crippen LogP) is 1.65. The molecule has 1 amide bonds. The monoisotopic (exact) mass is 219 g/mol. The van der Waals surface area contributed by atoms with Crippen molar-refractivity contribution < 1.29 is 9.90 Å². The van der Waals surface area contributed by atoms with Crippen LogP contribution in [0, 0.1) is 19.8 Å². The Labute approximate surface area is 95.7 Å². The third-order valence-corrected chi connectivity index (χ3v) is 3.12. The topological polar surface area (TPSA) is 40.5 Å². The smallest absolute Gasteiger partial charge is 0.227 e. The SMILES string of the molecule is Cc1ccc(C)c(N2CC(CO)CC2=O)c1. The van der Waals surface area contributed by atoms with Gasteiger partial charge in [0.25, 0.3) is 0 Å². The molecule has 0 aromatic heterocycles. The number of nitrogens with zero attached hydrogens (tertiary/aromatic N) is 1. The number of amides is 1. The number of hydrogen-bond donors (Lipinski definition) is 1. The van der Waals surface area contributed by atoms with E-state index in [9.17, 15) is 4.79 Å². The molecule has 1 atom stereocenters. The first-order chi connectivity index (χ1) is 7.61. The van der Waals surface area contributed by atoms with Gasteiger partial charge in [0.05, 0.1) is 0 Å². The minimum absolute atomic E-state index is 0.0902. The number of aliphatic hydroxyl groups is 1. The second-order valence-corrected chi connectivity index (χ2v) is 4.55. The molecule has 1 aromatic carbocycles. The molecule has 1 fully saturated rings. The highest BCUT2D eigenvalue weighted by molar-refractivity contribution is 5.96. The van der Waals surface area contributed by atoms with Crippen molar-refractivity contribution in [2.75, 3.05) is 18.1 Å². The van der Waals surface area contributed by atoms with Gasteiger partial charge in [-0.05, 0) is 31.0 Å². The quantitative estimate of drug-likeness (QED) is 0.821. The third-order valence-electron chi connectivity index (χ3n) is 3.12. The number of hydrogen-bond acceptors (Lipinski definition) is 2. The highest BCUT2D eigenvalue weighted by atomic mass is 16.3. The molecule has 1 saturated heterocycles. The molecule has 3 heteroatoms. The number of aryl methyl sites for hydroxylation is 2. The molecular formula is C13H17NO2. The maximum atomic E-state index is 11.8. The maximum absolute atomic E-state index is 11.8. The largest absolute Gasteiger partial charge is 0.396 e. The Bertz CT molecular complexity index is 414. The standard InChI is InChI=1S/C13H17NO2/c1-9-3-4-10(2)12(5-9)14-7-11(8-15)6-13(14)16/h3-5,11,15H,6-8H2,1-2H3. The summed E-state index contributed by atoms with van der Waals surface area (Å²) in [6, 6.07) is 6.11. The first kappa shape index (κ1) is 11.1. The zero-order valence-electron chi connectivity index (χ0n) is 9.73. The molecule has 0 aliphatic carbocycles. The molecule has 2 rings (SSSR count). The normalized spacial score (nSPS) is 20.6. The van der Waals surface area contributed by atoms with Crippen molar-refractivity contribution >= 4 is 11.6 Å². The summed E-state index contributed by atoms with van der Waals surface area (Å²) in [5, 5.41) is 9.09. The van der Waals surface area contributed by atoms with E-state index < -0.39 is 0 Å². The minimum Gasteiger partial charge on any atom is -0.396 e. The van der Waals surface area contributed by atoms with Crippen molar-refractivity contribution in [2.45, 2.75) is 20.3 Å². The van der Waals surface area contributed by atoms with Crippen molar-refractivity contribution in [1.29, 1.82) is 0 Å². The Hall–Kier alpha value is -1.35. The second kappa shape index (κ2) is 4.26. The Morgan fingerprint density at radius 3 is 2.81 bits per heavy atom. The summed E-state index contributed by atoms with van der Waals surface area (Å²) >= 11 is 0. The van der Waals surface area contributed by atoms with Crippen LogP contribution < -0.4 is 4.90 Å². The van der Waals surface area contributed by atoms with Gasteiger partial charge >= 0.3 is 0 Å². The van der Waals surface area contributed by atoms with E-state index in [4.69, 9.17) is 5.11 Å². The van der Waals surface area contributed by atoms with E-state index in [-0.39, 0.29) is 18.4 Å². The van der Waals surface area contributed by atoms with Crippen LogP contribution in [0.15, 0.2) is 18.2 Å². The van der Waals surface area contributed by atoms with E-state index in [1.165, 1.54) is 0 Å². The second-order valence-electron chi connectivity index (χ2n) is 4.55. The number of carbonyl (C=O) groups is 1. The lowest BCUT2D eigenvalue weighted by Crippen LogP contribution is -2.25. The Kier molecular flexibility index (Phi) is 2.97. The van der Waals surface area contributed by atoms with Crippen LogP contribution in [-0.4, -0.2) is 24.2 Å². The fourth-order valence-electron chi connectivity index (χ4n) is 2.15. The average Bonchev–Trinajstić information content (AvgIpc) is 2.63. The van der Waals surface area contributed by atoms with Crippen molar-refractivity contribution in [1.82, 2.24) is 0 Å². The number of anilines is 1. The summed E-state index contributed by atoms with van der Waals surface area (Å²) in [5.41, 5.74) is 3.25. The number of carbonyl (C=O) groups excluding carboxylic acids is 1. The van der Waals surface area contributed by atoms with Gasteiger partial charge < -0.3 is 10.0 Å². The third kappa shape index (κ3) is 1.95. The van der Waals surface area contributed by atoms with Crippen LogP contribution in [0.3, 0.4) is 0 Å². The molecule has 1 heterocycles. The van der Waals surface area contributed by atoms with Crippen LogP contribution in [0.2, 0.25) is 0 Å². The van der Waals surface area contributed by atoms with E-state index in [1.54, 1.807) is 4.90 Å². The van der Waals surface area contributed by atoms with Crippen molar-refractivity contribution in [3.8, 4) is 0 Å². The maximum Gasteiger partial charge on any atom is 0.227 e. The molecule has 1 aromatic rings. The molecule has 86 valence electrons. The van der Waals surface area contributed by atoms with Gasteiger partial charge in [-0.25, -0.2) is 0 Å². The molecule has 1 unspecified atom stereocenters. The van der Waals surface area contributed by atoms with E-state index >= 15 is 0 Å². The Balaban J connectivity index is 2.30. The van der Waals surface area contributed by atoms with E-state index in [2.05, 4.69) is 0 Å². The zero-order valence-corrected chi connectivity index (χ0v) is 9.73. The molecular weight excluding hydrogens is 202 g/mol. The number of rotatable bonds is 2. The summed E-state index contributed by atoms with van der Waals surface area (Å²) in [6.45, 7) is 4.76. The molecule has 16 heavy (non-hydrogen) atoms. The first-order valence-electron chi connectivity index (χ1n) is 5.60. The highest BCUT2D eigenvalue weighted by Gasteiger charge is 2.30. The lowest BCUT2D eigenvalue weighted by Gasteiger charge is -2.19. The fraction of sp³-hybridized carbons (Fsp3) is 0.462. The van der Waals surface area contributed by atoms with E-state index in [0.29, 0.717) is 13.0 Å². The summed E-state index contributed by atoms with van der Waals surface area (Å²) in [4.78, 5) is 13.6. The lowest BCUT2D eigenvalue weighted by molar-refractivity contribution is -0.117. The van der Waals surface area contributed by atoms with Crippen molar-refractivity contribution in [3.05, 3.63) is 29.3 Å². The van der Waals surface area contributed by atoms with Gasteiger partial charge in [-0.2, -0.15) is 0 Å². The van der Waals surface area contributed by atoms with Crippen LogP contribution in [0.1, 0.15) is 17.5 Å². The molecule has 0 saturated carbocycles. The Morgan fingerprint density at radius 2 is 2.19 bits per heavy atom. The van der Waals surface area contributed by atoms with E-state index in [0.717, 1.165) is 16.8 Å². The molecule has 0 bridgehead atoms. The minimum atomic E-state index is 0.0902. The van der Waals surface area contributed by atoms with Gasteiger partial charge in [0, 0.05) is 31.2 Å². The predicted molar refractivity (Wildman–Crippen MR) is 63.5 cm³/mol. The first-order valence-corrected chi connectivity index (χ1v) is 5.60. The Morgan fingerprint density at radius 1 is 1.44 bits per heavy atom. The fourth-order valence-corrected chi connectivity index (χ4v) is 2.15. The van der Waals surface area contributed by atoms with Crippen LogP contribution >= 0.6 is 0 Å². The summed E-state index contributed by atoms with van der Waals surface area (Å²) in [7, 11) is 0. The molecule has 1 aliphatic heterocycles. The van der Waals surface area contributed by atoms with Crippen LogP contribution in [-0.2, 0) is 4.79 Å². The molecule has 3 nitrogen and oxygen atoms in total. The van der Waals surface area contributed by atoms with Crippen LogP contribution in [0.25, 0.3) is 0 Å². The van der Waals surface area contributed by atoms with Crippen molar-refractivity contribution in [3.63, 3.8) is 0 Å². The molecule has 0 spiro atoms. The van der Waals surface area contributed by atoms with Gasteiger partial charge in [-0.1, -0.05) is 12.1 Å². The van der Waals surface area contributed by atoms with Gasteiger partial charge in [-0.3, -0.25) is 4.79 Å². The zero-order chi connectivity index (χ0) is 11.7. The van der Waals surface area contributed by atoms with Gasteiger partial charge in [-0.15, -0.1) is 0 Å². The summed E-state index contributed by atoms with van der Waals surface area (Å²) < 4.78 is 0. The van der Waals surface area contributed by atoms with Crippen LogP contribution in [0.4, 0.5) is 5.69 Å². The average molecular weight is 219 g/mol. The van der Waals surface area contributed by atoms with Gasteiger partial charge in [0.1, 0.15) is 0 Å². The highest BCUT2D eigenvalue weighted by Crippen LogP contribution is 2.28. The lowest BCUT2D eigenvalue weighted by atomic mass is 10.1. The molecule has 1 N–H and O–H groups in total. The number of benzene rings is 1. The van der Waals surface area contributed by atoms with Crippen molar-refractivity contribution in [2.24, 2.45) is 5.92 Å². The van der Waals surface area contributed by atoms with E-state index in [1.807, 2.05) is 32.0 Å². The number of aliphatic hydroxyl groups excluding tert-OH is 1. The summed E-state index contributed by atoms with van der Waals surface area (Å²) in [5.74, 6) is 0.208. The summed E-state index contributed by atoms with van der Waals surface area (Å²) in [6.07, 6.45) is 0.462.